The molecule has 0 aliphatic carbocycles. The van der Waals surface area contributed by atoms with E-state index in [1.165, 1.54) is 12.1 Å². The SMILES string of the molecule is CCOC(=O)[C@H]1[C@H]2C[C@@H](c3c(OC(F)F)cccc3S1=O)n1c2nc2ccc(Cl)cc21. The second kappa shape index (κ2) is 7.56. The quantitative estimate of drug-likeness (QED) is 0.532. The number of carbonyl (C=O) groups excluding carboxylic acids is 1. The van der Waals surface area contributed by atoms with Gasteiger partial charge < -0.3 is 14.0 Å². The molecule has 31 heavy (non-hydrogen) atoms. The van der Waals surface area contributed by atoms with Crippen LogP contribution >= 0.6 is 11.6 Å². The summed E-state index contributed by atoms with van der Waals surface area (Å²) in [4.78, 5) is 17.8. The standard InChI is InChI=1S/C21H17ClF2N2O4S/c1-2-29-20(27)18-11-9-14(26-13-8-10(22)6-7-12(13)25-19(11)26)17-15(30-21(23)24)4-3-5-16(17)31(18)28/h3-8,11,14,18,21H,2,9H2,1H3/t11-,14+,18-,31?/m1/s1. The minimum Gasteiger partial charge on any atom is -0.465 e. The van der Waals surface area contributed by atoms with Crippen molar-refractivity contribution in [1.29, 1.82) is 0 Å². The Morgan fingerprint density at radius 3 is 2.90 bits per heavy atom. The van der Waals surface area contributed by atoms with E-state index in [0.717, 1.165) is 0 Å². The molecule has 0 fully saturated rings. The summed E-state index contributed by atoms with van der Waals surface area (Å²) in [6, 6.07) is 9.23. The maximum absolute atomic E-state index is 13.6. The summed E-state index contributed by atoms with van der Waals surface area (Å²) in [6.07, 6.45) is 0.358. The van der Waals surface area contributed by atoms with E-state index in [1.807, 2.05) is 4.57 Å². The lowest BCUT2D eigenvalue weighted by Crippen LogP contribution is -2.34. The molecule has 0 spiro atoms. The molecule has 2 aliphatic rings. The molecule has 1 aromatic heterocycles. The van der Waals surface area contributed by atoms with Gasteiger partial charge in [-0.2, -0.15) is 8.78 Å². The van der Waals surface area contributed by atoms with Crippen LogP contribution < -0.4 is 4.74 Å². The Kier molecular flexibility index (Phi) is 4.97. The molecule has 0 amide bonds. The monoisotopic (exact) mass is 466 g/mol. The highest BCUT2D eigenvalue weighted by Gasteiger charge is 2.50. The second-order valence-corrected chi connectivity index (χ2v) is 9.33. The van der Waals surface area contributed by atoms with Gasteiger partial charge >= 0.3 is 12.6 Å². The van der Waals surface area contributed by atoms with Crippen molar-refractivity contribution >= 4 is 39.4 Å². The second-order valence-electron chi connectivity index (χ2n) is 7.35. The molecule has 2 bridgehead atoms. The van der Waals surface area contributed by atoms with Gasteiger partial charge in [-0.3, -0.25) is 9.00 Å². The highest BCUT2D eigenvalue weighted by Crippen LogP contribution is 2.52. The van der Waals surface area contributed by atoms with Crippen molar-refractivity contribution in [3.8, 4) is 5.75 Å². The number of hydrogen-bond donors (Lipinski definition) is 0. The van der Waals surface area contributed by atoms with Crippen LogP contribution in [0.15, 0.2) is 41.3 Å². The summed E-state index contributed by atoms with van der Waals surface area (Å²) < 4.78 is 51.8. The van der Waals surface area contributed by atoms with E-state index in [-0.39, 0.29) is 12.4 Å². The van der Waals surface area contributed by atoms with Crippen molar-refractivity contribution in [2.45, 2.75) is 42.1 Å². The lowest BCUT2D eigenvalue weighted by atomic mass is 9.95. The molecule has 0 saturated carbocycles. The average Bonchev–Trinajstić information content (AvgIpc) is 3.21. The molecule has 6 nitrogen and oxygen atoms in total. The smallest absolute Gasteiger partial charge is 0.387 e. The van der Waals surface area contributed by atoms with E-state index in [1.54, 1.807) is 31.2 Å². The van der Waals surface area contributed by atoms with Gasteiger partial charge in [-0.25, -0.2) is 4.98 Å². The Morgan fingerprint density at radius 2 is 2.16 bits per heavy atom. The van der Waals surface area contributed by atoms with E-state index in [9.17, 15) is 17.8 Å². The zero-order valence-electron chi connectivity index (χ0n) is 16.3. The molecular formula is C21H17ClF2N2O4S. The molecule has 3 heterocycles. The molecule has 4 atom stereocenters. The van der Waals surface area contributed by atoms with Crippen LogP contribution in [0.25, 0.3) is 11.0 Å². The van der Waals surface area contributed by atoms with Gasteiger partial charge in [0, 0.05) is 21.4 Å². The van der Waals surface area contributed by atoms with Gasteiger partial charge in [-0.1, -0.05) is 17.7 Å². The number of fused-ring (bicyclic) bond motifs is 9. The predicted molar refractivity (Wildman–Crippen MR) is 110 cm³/mol. The summed E-state index contributed by atoms with van der Waals surface area (Å²) in [5.41, 5.74) is 1.73. The Hall–Kier alpha value is -2.52. The normalized spacial score (nSPS) is 24.0. The topological polar surface area (TPSA) is 70.4 Å². The van der Waals surface area contributed by atoms with Crippen LogP contribution in [-0.4, -0.2) is 38.2 Å². The van der Waals surface area contributed by atoms with E-state index < -0.39 is 40.6 Å². The first-order valence-electron chi connectivity index (χ1n) is 9.73. The minimum atomic E-state index is -3.05. The highest BCUT2D eigenvalue weighted by atomic mass is 35.5. The fourth-order valence-corrected chi connectivity index (χ4v) is 6.50. The molecule has 10 heteroatoms. The van der Waals surface area contributed by atoms with Crippen LogP contribution in [0.3, 0.4) is 0 Å². The third-order valence-electron chi connectivity index (χ3n) is 5.71. The summed E-state index contributed by atoms with van der Waals surface area (Å²) in [5, 5.41) is -0.517. The Balaban J connectivity index is 1.81. The van der Waals surface area contributed by atoms with Gasteiger partial charge in [-0.15, -0.1) is 0 Å². The minimum absolute atomic E-state index is 0.0640. The molecule has 0 saturated heterocycles. The molecule has 1 unspecified atom stereocenters. The van der Waals surface area contributed by atoms with Gasteiger partial charge in [0.15, 0.2) is 0 Å². The summed E-state index contributed by atoms with van der Waals surface area (Å²) >= 11 is 6.21. The maximum Gasteiger partial charge on any atom is 0.387 e. The molecule has 2 aromatic carbocycles. The van der Waals surface area contributed by atoms with Gasteiger partial charge in [0.05, 0.1) is 34.5 Å². The zero-order chi connectivity index (χ0) is 21.9. The zero-order valence-corrected chi connectivity index (χ0v) is 17.8. The number of carbonyl (C=O) groups is 1. The van der Waals surface area contributed by atoms with Crippen LogP contribution in [0.2, 0.25) is 5.02 Å². The highest BCUT2D eigenvalue weighted by molar-refractivity contribution is 7.86. The number of esters is 1. The third-order valence-corrected chi connectivity index (χ3v) is 7.71. The van der Waals surface area contributed by atoms with E-state index in [0.29, 0.717) is 38.8 Å². The number of ether oxygens (including phenoxy) is 2. The van der Waals surface area contributed by atoms with Gasteiger partial charge in [0.2, 0.25) is 0 Å². The van der Waals surface area contributed by atoms with Crippen molar-refractivity contribution in [2.75, 3.05) is 6.61 Å². The van der Waals surface area contributed by atoms with Gasteiger partial charge in [0.1, 0.15) is 16.8 Å². The van der Waals surface area contributed by atoms with E-state index >= 15 is 0 Å². The van der Waals surface area contributed by atoms with Crippen LogP contribution in [0.4, 0.5) is 8.78 Å². The molecular weight excluding hydrogens is 450 g/mol. The van der Waals surface area contributed by atoms with Crippen molar-refractivity contribution < 1.29 is 27.3 Å². The van der Waals surface area contributed by atoms with E-state index in [4.69, 9.17) is 21.1 Å². The number of aromatic nitrogens is 2. The van der Waals surface area contributed by atoms with Crippen LogP contribution in [-0.2, 0) is 20.3 Å². The molecule has 2 aliphatic heterocycles. The molecule has 0 N–H and O–H groups in total. The number of alkyl halides is 2. The lowest BCUT2D eigenvalue weighted by molar-refractivity contribution is -0.143. The first-order chi connectivity index (χ1) is 14.9. The van der Waals surface area contributed by atoms with Gasteiger partial charge in [-0.05, 0) is 43.7 Å². The maximum atomic E-state index is 13.6. The Morgan fingerprint density at radius 1 is 1.35 bits per heavy atom. The van der Waals surface area contributed by atoms with E-state index in [2.05, 4.69) is 4.98 Å². The number of nitrogens with zero attached hydrogens (tertiary/aromatic N) is 2. The Labute approximate surface area is 183 Å². The molecule has 0 radical (unpaired) electrons. The van der Waals surface area contributed by atoms with Crippen LogP contribution in [0.5, 0.6) is 5.75 Å². The number of imidazole rings is 1. The summed E-state index contributed by atoms with van der Waals surface area (Å²) in [7, 11) is -1.84. The first-order valence-corrected chi connectivity index (χ1v) is 11.3. The fourth-order valence-electron chi connectivity index (χ4n) is 4.62. The summed E-state index contributed by atoms with van der Waals surface area (Å²) in [5.74, 6) is -0.615. The first kappa shape index (κ1) is 20.4. The molecule has 5 rings (SSSR count). The third kappa shape index (κ3) is 3.13. The largest absolute Gasteiger partial charge is 0.465 e. The molecule has 3 aromatic rings. The van der Waals surface area contributed by atoms with Gasteiger partial charge in [0.25, 0.3) is 0 Å². The predicted octanol–water partition coefficient (Wildman–Crippen LogP) is 4.42. The van der Waals surface area contributed by atoms with Crippen LogP contribution in [0.1, 0.15) is 36.7 Å². The van der Waals surface area contributed by atoms with Crippen molar-refractivity contribution in [3.05, 3.63) is 52.8 Å². The fraction of sp³-hybridized carbons (Fsp3) is 0.333. The Bertz CT molecular complexity index is 1230. The van der Waals surface area contributed by atoms with Crippen LogP contribution in [0, 0.1) is 0 Å². The molecule has 162 valence electrons. The average molecular weight is 467 g/mol. The van der Waals surface area contributed by atoms with Crippen molar-refractivity contribution in [2.24, 2.45) is 0 Å². The number of rotatable bonds is 4. The van der Waals surface area contributed by atoms with Crippen molar-refractivity contribution in [1.82, 2.24) is 9.55 Å². The number of hydrogen-bond acceptors (Lipinski definition) is 5. The number of benzene rings is 2. The summed E-state index contributed by atoms with van der Waals surface area (Å²) in [6.45, 7) is -1.24. The van der Waals surface area contributed by atoms with Crippen molar-refractivity contribution in [3.63, 3.8) is 0 Å². The number of halogens is 3. The lowest BCUT2D eigenvalue weighted by Gasteiger charge is -2.23.